The number of rotatable bonds is 3. The first-order chi connectivity index (χ1) is 18.2. The SMILES string of the molecule is O=C(OCC1c2ccccc2-c2ccccc21)N1C2CCCC1CC(O)(c1cccc(F)c1C(F)(F)F)C2. The van der Waals surface area contributed by atoms with Gasteiger partial charge in [-0.05, 0) is 53.1 Å². The molecule has 38 heavy (non-hydrogen) atoms. The minimum absolute atomic E-state index is 0.111. The fourth-order valence-corrected chi connectivity index (χ4v) is 6.82. The van der Waals surface area contributed by atoms with E-state index < -0.39 is 46.9 Å². The van der Waals surface area contributed by atoms with Gasteiger partial charge in [-0.15, -0.1) is 0 Å². The van der Waals surface area contributed by atoms with E-state index in [-0.39, 0.29) is 25.4 Å². The van der Waals surface area contributed by atoms with Crippen LogP contribution in [0.25, 0.3) is 11.1 Å². The highest BCUT2D eigenvalue weighted by Crippen LogP contribution is 2.49. The van der Waals surface area contributed by atoms with E-state index >= 15 is 0 Å². The van der Waals surface area contributed by atoms with Gasteiger partial charge in [-0.1, -0.05) is 60.7 Å². The number of hydrogen-bond acceptors (Lipinski definition) is 3. The molecule has 2 saturated heterocycles. The first-order valence-corrected chi connectivity index (χ1v) is 12.9. The standard InChI is InChI=1S/C30H27F4NO3/c31-26-14-6-13-25(27(26)30(32,33)34)29(37)15-18-7-5-8-19(16-29)35(18)28(36)38-17-24-22-11-3-1-9-20(22)21-10-2-4-12-23(21)24/h1-4,6,9-14,18-19,24,37H,5,7-8,15-17H2. The topological polar surface area (TPSA) is 49.8 Å². The van der Waals surface area contributed by atoms with Crippen molar-refractivity contribution in [3.05, 3.63) is 94.8 Å². The molecule has 6 rings (SSSR count). The molecule has 3 aliphatic rings. The molecule has 2 fully saturated rings. The lowest BCUT2D eigenvalue weighted by atomic mass is 9.71. The molecule has 0 radical (unpaired) electrons. The second kappa shape index (κ2) is 9.12. The van der Waals surface area contributed by atoms with Crippen LogP contribution in [0.3, 0.4) is 0 Å². The Morgan fingerprint density at radius 1 is 0.921 bits per heavy atom. The zero-order valence-corrected chi connectivity index (χ0v) is 20.5. The molecule has 1 amide bonds. The van der Waals surface area contributed by atoms with E-state index in [0.717, 1.165) is 40.8 Å². The Kier molecular flexibility index (Phi) is 5.98. The van der Waals surface area contributed by atoms with Gasteiger partial charge in [-0.25, -0.2) is 9.18 Å². The lowest BCUT2D eigenvalue weighted by Crippen LogP contribution is -2.59. The number of piperidine rings is 2. The third-order valence-corrected chi connectivity index (χ3v) is 8.35. The van der Waals surface area contributed by atoms with Crippen LogP contribution in [-0.2, 0) is 16.5 Å². The second-order valence-electron chi connectivity index (χ2n) is 10.5. The van der Waals surface area contributed by atoms with E-state index in [9.17, 15) is 27.5 Å². The average Bonchev–Trinajstić information content (AvgIpc) is 3.19. The van der Waals surface area contributed by atoms with Crippen LogP contribution >= 0.6 is 0 Å². The molecular formula is C30H27F4NO3. The summed E-state index contributed by atoms with van der Waals surface area (Å²) in [7, 11) is 0. The predicted molar refractivity (Wildman–Crippen MR) is 133 cm³/mol. The summed E-state index contributed by atoms with van der Waals surface area (Å²) in [5.74, 6) is -1.53. The van der Waals surface area contributed by atoms with E-state index in [4.69, 9.17) is 4.74 Å². The minimum atomic E-state index is -4.95. The summed E-state index contributed by atoms with van der Waals surface area (Å²) in [6.07, 6.45) is -3.86. The molecule has 3 aromatic carbocycles. The monoisotopic (exact) mass is 525 g/mol. The summed E-state index contributed by atoms with van der Waals surface area (Å²) in [5, 5.41) is 11.5. The van der Waals surface area contributed by atoms with Crippen LogP contribution in [0.1, 0.15) is 60.3 Å². The Bertz CT molecular complexity index is 1330. The molecule has 0 spiro atoms. The van der Waals surface area contributed by atoms with E-state index in [1.54, 1.807) is 4.90 Å². The highest BCUT2D eigenvalue weighted by molar-refractivity contribution is 5.79. The summed E-state index contributed by atoms with van der Waals surface area (Å²) in [6.45, 7) is 0.134. The molecule has 8 heteroatoms. The number of ether oxygens (including phenoxy) is 1. The lowest BCUT2D eigenvalue weighted by Gasteiger charge is -2.51. The highest BCUT2D eigenvalue weighted by atomic mass is 19.4. The van der Waals surface area contributed by atoms with Crippen LogP contribution in [-0.4, -0.2) is 34.8 Å². The quantitative estimate of drug-likeness (QED) is 0.375. The summed E-state index contributed by atoms with van der Waals surface area (Å²) in [6, 6.07) is 18.1. The second-order valence-corrected chi connectivity index (χ2v) is 10.5. The van der Waals surface area contributed by atoms with Crippen molar-refractivity contribution in [3.63, 3.8) is 0 Å². The zero-order valence-electron chi connectivity index (χ0n) is 20.5. The summed E-state index contributed by atoms with van der Waals surface area (Å²) in [5.41, 5.74) is 0.590. The maximum atomic E-state index is 14.3. The largest absolute Gasteiger partial charge is 0.448 e. The van der Waals surface area contributed by atoms with Gasteiger partial charge in [0.1, 0.15) is 12.4 Å². The molecule has 198 valence electrons. The summed E-state index contributed by atoms with van der Waals surface area (Å²) >= 11 is 0. The first-order valence-electron chi connectivity index (χ1n) is 12.9. The first kappa shape index (κ1) is 24.9. The number of halogens is 4. The van der Waals surface area contributed by atoms with Crippen molar-refractivity contribution in [2.45, 2.75) is 61.9 Å². The smallest absolute Gasteiger partial charge is 0.419 e. The Labute approximate surface area is 217 Å². The van der Waals surface area contributed by atoms with Gasteiger partial charge in [-0.3, -0.25) is 0 Å². The van der Waals surface area contributed by atoms with Gasteiger partial charge in [0.25, 0.3) is 0 Å². The lowest BCUT2D eigenvalue weighted by molar-refractivity contribution is -0.147. The number of alkyl halides is 3. The van der Waals surface area contributed by atoms with Crippen molar-refractivity contribution in [1.29, 1.82) is 0 Å². The molecule has 2 heterocycles. The molecule has 2 atom stereocenters. The fraction of sp³-hybridized carbons (Fsp3) is 0.367. The van der Waals surface area contributed by atoms with E-state index in [0.29, 0.717) is 12.8 Å². The number of amides is 1. The molecule has 3 aromatic rings. The van der Waals surface area contributed by atoms with Crippen LogP contribution in [0.4, 0.5) is 22.4 Å². The van der Waals surface area contributed by atoms with Crippen LogP contribution < -0.4 is 0 Å². The molecular weight excluding hydrogens is 498 g/mol. The predicted octanol–water partition coefficient (Wildman–Crippen LogP) is 7.00. The maximum absolute atomic E-state index is 14.3. The van der Waals surface area contributed by atoms with Crippen molar-refractivity contribution in [2.24, 2.45) is 0 Å². The van der Waals surface area contributed by atoms with Crippen LogP contribution in [0.2, 0.25) is 0 Å². The van der Waals surface area contributed by atoms with Gasteiger partial charge in [0, 0.05) is 30.8 Å². The molecule has 1 N–H and O–H groups in total. The number of hydrogen-bond donors (Lipinski definition) is 1. The summed E-state index contributed by atoms with van der Waals surface area (Å²) < 4.78 is 61.4. The van der Waals surface area contributed by atoms with Gasteiger partial charge in [0.2, 0.25) is 0 Å². The number of benzene rings is 3. The number of fused-ring (bicyclic) bond motifs is 5. The van der Waals surface area contributed by atoms with Gasteiger partial charge >= 0.3 is 12.3 Å². The molecule has 2 bridgehead atoms. The van der Waals surface area contributed by atoms with E-state index in [1.165, 1.54) is 6.07 Å². The number of aliphatic hydroxyl groups is 1. The maximum Gasteiger partial charge on any atom is 0.419 e. The Morgan fingerprint density at radius 3 is 2.08 bits per heavy atom. The van der Waals surface area contributed by atoms with Crippen molar-refractivity contribution >= 4 is 6.09 Å². The molecule has 4 nitrogen and oxygen atoms in total. The van der Waals surface area contributed by atoms with E-state index in [1.807, 2.05) is 48.5 Å². The number of carbonyl (C=O) groups is 1. The molecule has 0 aromatic heterocycles. The van der Waals surface area contributed by atoms with Gasteiger partial charge in [0.15, 0.2) is 0 Å². The average molecular weight is 526 g/mol. The van der Waals surface area contributed by atoms with Crippen molar-refractivity contribution in [3.8, 4) is 11.1 Å². The molecule has 0 saturated carbocycles. The number of nitrogens with zero attached hydrogens (tertiary/aromatic N) is 1. The number of carbonyl (C=O) groups excluding carboxylic acids is 1. The third-order valence-electron chi connectivity index (χ3n) is 8.35. The van der Waals surface area contributed by atoms with Crippen LogP contribution in [0, 0.1) is 5.82 Å². The van der Waals surface area contributed by atoms with Crippen molar-refractivity contribution < 1.29 is 32.2 Å². The fourth-order valence-electron chi connectivity index (χ4n) is 6.82. The zero-order chi connectivity index (χ0) is 26.7. The van der Waals surface area contributed by atoms with E-state index in [2.05, 4.69) is 0 Å². The van der Waals surface area contributed by atoms with Gasteiger partial charge < -0.3 is 14.7 Å². The summed E-state index contributed by atoms with van der Waals surface area (Å²) in [4.78, 5) is 15.0. The Hall–Kier alpha value is -3.39. The molecule has 2 unspecified atom stereocenters. The molecule has 2 aliphatic heterocycles. The van der Waals surface area contributed by atoms with Gasteiger partial charge in [-0.2, -0.15) is 13.2 Å². The minimum Gasteiger partial charge on any atom is -0.448 e. The molecule has 1 aliphatic carbocycles. The van der Waals surface area contributed by atoms with Gasteiger partial charge in [0.05, 0.1) is 11.2 Å². The normalized spacial score (nSPS) is 24.6. The third kappa shape index (κ3) is 4.06. The van der Waals surface area contributed by atoms with Crippen molar-refractivity contribution in [1.82, 2.24) is 4.90 Å². The van der Waals surface area contributed by atoms with Crippen LogP contribution in [0.5, 0.6) is 0 Å². The van der Waals surface area contributed by atoms with Crippen LogP contribution in [0.15, 0.2) is 66.7 Å². The Morgan fingerprint density at radius 2 is 1.50 bits per heavy atom. The van der Waals surface area contributed by atoms with Crippen molar-refractivity contribution in [2.75, 3.05) is 6.61 Å². The highest BCUT2D eigenvalue weighted by Gasteiger charge is 2.52. The Balaban J connectivity index is 1.23.